The Hall–Kier alpha value is -3.31. The van der Waals surface area contributed by atoms with Gasteiger partial charge >= 0.3 is 12.3 Å². The molecule has 0 unspecified atom stereocenters. The van der Waals surface area contributed by atoms with Gasteiger partial charge in [-0.3, -0.25) is 9.36 Å². The third kappa shape index (κ3) is 6.23. The Labute approximate surface area is 201 Å². The normalized spacial score (nSPS) is 18.8. The highest BCUT2D eigenvalue weighted by Crippen LogP contribution is 2.36. The van der Waals surface area contributed by atoms with Crippen molar-refractivity contribution in [3.05, 3.63) is 34.1 Å². The minimum Gasteiger partial charge on any atom is -0.496 e. The molecule has 2 aromatic rings. The van der Waals surface area contributed by atoms with Gasteiger partial charge in [-0.15, -0.1) is 10.2 Å². The Kier molecular flexibility index (Phi) is 7.32. The lowest BCUT2D eigenvalue weighted by molar-refractivity contribution is -0.137. The van der Waals surface area contributed by atoms with Crippen molar-refractivity contribution in [3.8, 4) is 17.1 Å². The summed E-state index contributed by atoms with van der Waals surface area (Å²) in [5, 5.41) is 11.2. The summed E-state index contributed by atoms with van der Waals surface area (Å²) in [5.74, 6) is 0.101. The Morgan fingerprint density at radius 3 is 2.46 bits per heavy atom. The van der Waals surface area contributed by atoms with Gasteiger partial charge in [0.15, 0.2) is 5.82 Å². The molecule has 1 amide bonds. The predicted octanol–water partition coefficient (Wildman–Crippen LogP) is 3.93. The van der Waals surface area contributed by atoms with Crippen molar-refractivity contribution in [1.82, 2.24) is 19.7 Å². The molecule has 1 fully saturated rings. The first-order valence-electron chi connectivity index (χ1n) is 11.1. The second kappa shape index (κ2) is 9.74. The van der Waals surface area contributed by atoms with E-state index in [1.807, 2.05) is 6.92 Å². The van der Waals surface area contributed by atoms with E-state index in [9.17, 15) is 22.8 Å². The highest BCUT2D eigenvalue weighted by Gasteiger charge is 2.33. The van der Waals surface area contributed by atoms with Crippen LogP contribution in [0.1, 0.15) is 39.7 Å². The van der Waals surface area contributed by atoms with Crippen LogP contribution in [-0.4, -0.2) is 57.6 Å². The maximum Gasteiger partial charge on any atom is 0.416 e. The van der Waals surface area contributed by atoms with Crippen LogP contribution in [0.25, 0.3) is 11.4 Å². The molecule has 0 spiro atoms. The summed E-state index contributed by atoms with van der Waals surface area (Å²) in [6, 6.07) is 2.67. The number of likely N-dealkylation sites (tertiary alicyclic amines) is 1. The number of amides is 1. The van der Waals surface area contributed by atoms with Crippen LogP contribution < -0.4 is 15.6 Å². The van der Waals surface area contributed by atoms with Crippen molar-refractivity contribution >= 4 is 11.9 Å². The number of rotatable bonds is 4. The van der Waals surface area contributed by atoms with Crippen molar-refractivity contribution in [2.75, 3.05) is 25.5 Å². The highest BCUT2D eigenvalue weighted by atomic mass is 19.4. The molecule has 1 saturated heterocycles. The standard InChI is InChI=1S/C23H30F3N5O4/c1-13-9-15(12-31(11-13)21(33)35-22(2,3)4)27-18-20(32)30(5)19(29-28-18)16-8-7-14(23(24,25)26)10-17(16)34-6/h7-8,10,13,15H,9,11-12H2,1-6H3,(H,27,28)/t13-,15-/m1/s1. The molecule has 192 valence electrons. The summed E-state index contributed by atoms with van der Waals surface area (Å²) >= 11 is 0. The van der Waals surface area contributed by atoms with Gasteiger partial charge in [-0.1, -0.05) is 6.92 Å². The number of anilines is 1. The van der Waals surface area contributed by atoms with Crippen molar-refractivity contribution in [1.29, 1.82) is 0 Å². The van der Waals surface area contributed by atoms with Crippen LogP contribution in [-0.2, 0) is 18.0 Å². The molecular formula is C23H30F3N5O4. The summed E-state index contributed by atoms with van der Waals surface area (Å²) < 4.78 is 51.0. The first kappa shape index (κ1) is 26.3. The van der Waals surface area contributed by atoms with E-state index in [0.717, 1.165) is 12.1 Å². The number of carbonyl (C=O) groups excluding carboxylic acids is 1. The fraction of sp³-hybridized carbons (Fsp3) is 0.565. The number of hydrogen-bond acceptors (Lipinski definition) is 7. The lowest BCUT2D eigenvalue weighted by Gasteiger charge is -2.37. The molecule has 1 aliphatic heterocycles. The molecule has 1 aromatic heterocycles. The van der Waals surface area contributed by atoms with Gasteiger partial charge in [0.25, 0.3) is 5.56 Å². The van der Waals surface area contributed by atoms with Gasteiger partial charge in [0, 0.05) is 26.2 Å². The first-order valence-corrected chi connectivity index (χ1v) is 11.1. The van der Waals surface area contributed by atoms with E-state index < -0.39 is 29.0 Å². The third-order valence-electron chi connectivity index (χ3n) is 5.49. The monoisotopic (exact) mass is 497 g/mol. The number of methoxy groups -OCH3 is 1. The van der Waals surface area contributed by atoms with E-state index in [1.165, 1.54) is 24.8 Å². The first-order chi connectivity index (χ1) is 16.2. The number of halogens is 3. The minimum absolute atomic E-state index is 0.0228. The van der Waals surface area contributed by atoms with Crippen molar-refractivity contribution < 1.29 is 27.4 Å². The average molecular weight is 498 g/mol. The zero-order chi connectivity index (χ0) is 26.1. The van der Waals surface area contributed by atoms with Gasteiger partial charge < -0.3 is 19.7 Å². The summed E-state index contributed by atoms with van der Waals surface area (Å²) in [6.45, 7) is 8.22. The molecule has 2 heterocycles. The molecule has 1 aliphatic rings. The molecule has 0 bridgehead atoms. The second-order valence-electron chi connectivity index (χ2n) is 9.72. The predicted molar refractivity (Wildman–Crippen MR) is 123 cm³/mol. The zero-order valence-electron chi connectivity index (χ0n) is 20.6. The van der Waals surface area contributed by atoms with Crippen LogP contribution in [0.4, 0.5) is 23.8 Å². The molecule has 0 aliphatic carbocycles. The summed E-state index contributed by atoms with van der Waals surface area (Å²) in [4.78, 5) is 27.1. The molecule has 1 N–H and O–H groups in total. The quantitative estimate of drug-likeness (QED) is 0.684. The van der Waals surface area contributed by atoms with Gasteiger partial charge in [-0.2, -0.15) is 13.2 Å². The number of alkyl halides is 3. The fourth-order valence-corrected chi connectivity index (χ4v) is 3.96. The molecule has 35 heavy (non-hydrogen) atoms. The van der Waals surface area contributed by atoms with Crippen LogP contribution >= 0.6 is 0 Å². The summed E-state index contributed by atoms with van der Waals surface area (Å²) in [5.41, 5.74) is -1.83. The van der Waals surface area contributed by atoms with E-state index in [2.05, 4.69) is 15.5 Å². The van der Waals surface area contributed by atoms with Gasteiger partial charge in [0.05, 0.1) is 18.2 Å². The van der Waals surface area contributed by atoms with E-state index in [1.54, 1.807) is 25.7 Å². The second-order valence-corrected chi connectivity index (χ2v) is 9.72. The number of aromatic nitrogens is 3. The summed E-state index contributed by atoms with van der Waals surface area (Å²) in [6.07, 6.45) is -4.28. The lowest BCUT2D eigenvalue weighted by atomic mass is 9.96. The number of hydrogen-bond donors (Lipinski definition) is 1. The highest BCUT2D eigenvalue weighted by molar-refractivity contribution is 5.68. The zero-order valence-corrected chi connectivity index (χ0v) is 20.6. The molecular weight excluding hydrogens is 467 g/mol. The Morgan fingerprint density at radius 1 is 1.17 bits per heavy atom. The van der Waals surface area contributed by atoms with Gasteiger partial charge in [-0.05, 0) is 51.3 Å². The largest absolute Gasteiger partial charge is 0.496 e. The Balaban J connectivity index is 1.84. The SMILES string of the molecule is COc1cc(C(F)(F)F)ccc1-c1nnc(N[C@@H]2C[C@@H](C)CN(C(=O)OC(C)(C)C)C2)c(=O)n1C. The van der Waals surface area contributed by atoms with Crippen molar-refractivity contribution in [2.24, 2.45) is 13.0 Å². The number of piperidine rings is 1. The molecule has 0 saturated carbocycles. The van der Waals surface area contributed by atoms with Crippen LogP contribution in [0.3, 0.4) is 0 Å². The smallest absolute Gasteiger partial charge is 0.416 e. The van der Waals surface area contributed by atoms with Gasteiger partial charge in [-0.25, -0.2) is 4.79 Å². The Morgan fingerprint density at radius 2 is 1.86 bits per heavy atom. The third-order valence-corrected chi connectivity index (χ3v) is 5.49. The minimum atomic E-state index is -4.54. The topological polar surface area (TPSA) is 98.6 Å². The lowest BCUT2D eigenvalue weighted by Crippen LogP contribution is -2.50. The molecule has 3 rings (SSSR count). The van der Waals surface area contributed by atoms with Gasteiger partial charge in [0.1, 0.15) is 11.4 Å². The van der Waals surface area contributed by atoms with Gasteiger partial charge in [0.2, 0.25) is 5.82 Å². The van der Waals surface area contributed by atoms with Crippen molar-refractivity contribution in [2.45, 2.75) is 51.9 Å². The van der Waals surface area contributed by atoms with Crippen LogP contribution in [0.5, 0.6) is 5.75 Å². The van der Waals surface area contributed by atoms with E-state index in [0.29, 0.717) is 19.5 Å². The van der Waals surface area contributed by atoms with Crippen molar-refractivity contribution in [3.63, 3.8) is 0 Å². The van der Waals surface area contributed by atoms with E-state index >= 15 is 0 Å². The molecule has 1 aromatic carbocycles. The van der Waals surface area contributed by atoms with E-state index in [-0.39, 0.29) is 34.9 Å². The molecule has 2 atom stereocenters. The van der Waals surface area contributed by atoms with Crippen LogP contribution in [0.15, 0.2) is 23.0 Å². The van der Waals surface area contributed by atoms with E-state index in [4.69, 9.17) is 9.47 Å². The number of benzene rings is 1. The van der Waals surface area contributed by atoms with Crippen LogP contribution in [0, 0.1) is 5.92 Å². The number of carbonyl (C=O) groups is 1. The Bertz CT molecular complexity index is 1140. The summed E-state index contributed by atoms with van der Waals surface area (Å²) in [7, 11) is 2.69. The molecule has 0 radical (unpaired) electrons. The maximum atomic E-state index is 13.1. The van der Waals surface area contributed by atoms with Crippen LogP contribution in [0.2, 0.25) is 0 Å². The average Bonchev–Trinajstić information content (AvgIpc) is 2.74. The number of nitrogens with one attached hydrogen (secondary N) is 1. The maximum absolute atomic E-state index is 13.1. The number of ether oxygens (including phenoxy) is 2. The molecule has 9 nitrogen and oxygen atoms in total. The fourth-order valence-electron chi connectivity index (χ4n) is 3.96. The number of nitrogens with zero attached hydrogens (tertiary/aromatic N) is 4. The molecule has 12 heteroatoms.